The average molecular weight is 365 g/mol. The fourth-order valence-corrected chi connectivity index (χ4v) is 5.30. The monoisotopic (exact) mass is 364 g/mol. The zero-order chi connectivity index (χ0) is 18.3. The van der Waals surface area contributed by atoms with Crippen molar-refractivity contribution in [3.63, 3.8) is 0 Å². The van der Waals surface area contributed by atoms with Gasteiger partial charge in [-0.2, -0.15) is 0 Å². The number of hydrogen-bond donors (Lipinski definition) is 0. The second kappa shape index (κ2) is 6.49. The fraction of sp³-hybridized carbons (Fsp3) is 0.565. The molecule has 25 heavy (non-hydrogen) atoms. The summed E-state index contributed by atoms with van der Waals surface area (Å²) in [6.45, 7) is 14.0. The average Bonchev–Trinajstić information content (AvgIpc) is 3.11. The molecular formula is C23H32Si2. The van der Waals surface area contributed by atoms with Gasteiger partial charge in [-0.25, -0.2) is 0 Å². The molecule has 0 atom stereocenters. The summed E-state index contributed by atoms with van der Waals surface area (Å²) >= 11 is 0. The minimum absolute atomic E-state index is 0.412. The summed E-state index contributed by atoms with van der Waals surface area (Å²) in [7, 11) is -2.71. The highest BCUT2D eigenvalue weighted by Crippen LogP contribution is 2.52. The Morgan fingerprint density at radius 3 is 1.84 bits per heavy atom. The number of rotatable bonds is 0. The van der Waals surface area contributed by atoms with Crippen LogP contribution in [0.3, 0.4) is 0 Å². The molecular weight excluding hydrogens is 332 g/mol. The van der Waals surface area contributed by atoms with Crippen molar-refractivity contribution in [1.82, 2.24) is 0 Å². The minimum atomic E-state index is -1.36. The second-order valence-corrected chi connectivity index (χ2v) is 19.5. The van der Waals surface area contributed by atoms with E-state index >= 15 is 0 Å². The molecule has 1 spiro atoms. The predicted octanol–water partition coefficient (Wildman–Crippen LogP) is 5.90. The van der Waals surface area contributed by atoms with E-state index in [-0.39, 0.29) is 0 Å². The molecule has 0 amide bonds. The van der Waals surface area contributed by atoms with Crippen molar-refractivity contribution in [2.45, 2.75) is 83.2 Å². The van der Waals surface area contributed by atoms with Crippen LogP contribution < -0.4 is 0 Å². The van der Waals surface area contributed by atoms with Gasteiger partial charge in [-0.05, 0) is 54.4 Å². The molecule has 0 N–H and O–H groups in total. The van der Waals surface area contributed by atoms with Gasteiger partial charge in [0.1, 0.15) is 16.1 Å². The molecule has 0 aromatic heterocycles. The van der Waals surface area contributed by atoms with Crippen molar-refractivity contribution in [2.75, 3.05) is 0 Å². The quantitative estimate of drug-likeness (QED) is 0.397. The van der Waals surface area contributed by atoms with E-state index in [4.69, 9.17) is 0 Å². The van der Waals surface area contributed by atoms with Crippen LogP contribution in [0.2, 0.25) is 39.3 Å². The molecule has 1 fully saturated rings. The minimum Gasteiger partial charge on any atom is -0.127 e. The number of benzene rings is 1. The van der Waals surface area contributed by atoms with Gasteiger partial charge in [0.05, 0.1) is 0 Å². The maximum absolute atomic E-state index is 3.61. The van der Waals surface area contributed by atoms with Crippen molar-refractivity contribution in [3.05, 3.63) is 34.4 Å². The van der Waals surface area contributed by atoms with Gasteiger partial charge in [0.15, 0.2) is 0 Å². The highest BCUT2D eigenvalue weighted by molar-refractivity contribution is 6.84. The molecule has 0 saturated heterocycles. The Bertz CT molecular complexity index is 789. The van der Waals surface area contributed by atoms with Gasteiger partial charge in [0, 0.05) is 11.1 Å². The van der Waals surface area contributed by atoms with Gasteiger partial charge in [0.2, 0.25) is 0 Å². The molecule has 2 heteroatoms. The first-order chi connectivity index (χ1) is 11.6. The lowest BCUT2D eigenvalue weighted by Gasteiger charge is -2.26. The Labute approximate surface area is 156 Å². The Morgan fingerprint density at radius 2 is 1.28 bits per heavy atom. The van der Waals surface area contributed by atoms with Gasteiger partial charge < -0.3 is 0 Å². The topological polar surface area (TPSA) is 0 Å². The molecule has 0 radical (unpaired) electrons. The molecule has 1 aromatic carbocycles. The van der Waals surface area contributed by atoms with Crippen LogP contribution >= 0.6 is 0 Å². The van der Waals surface area contributed by atoms with Crippen LogP contribution in [-0.2, 0) is 11.8 Å². The van der Waals surface area contributed by atoms with Gasteiger partial charge in [-0.3, -0.25) is 0 Å². The van der Waals surface area contributed by atoms with Gasteiger partial charge in [0.25, 0.3) is 0 Å². The lowest BCUT2D eigenvalue weighted by atomic mass is 9.78. The van der Waals surface area contributed by atoms with E-state index in [1.807, 2.05) is 0 Å². The van der Waals surface area contributed by atoms with Crippen molar-refractivity contribution >= 4 is 16.1 Å². The van der Waals surface area contributed by atoms with Crippen LogP contribution in [0.25, 0.3) is 0 Å². The third kappa shape index (κ3) is 4.13. The fourth-order valence-electron chi connectivity index (χ4n) is 4.29. The van der Waals surface area contributed by atoms with E-state index < -0.39 is 16.1 Å². The molecule has 0 unspecified atom stereocenters. The predicted molar refractivity (Wildman–Crippen MR) is 115 cm³/mol. The number of hydrogen-bond acceptors (Lipinski definition) is 0. The van der Waals surface area contributed by atoms with Gasteiger partial charge >= 0.3 is 0 Å². The summed E-state index contributed by atoms with van der Waals surface area (Å²) in [5.41, 5.74) is 13.3. The van der Waals surface area contributed by atoms with Crippen LogP contribution in [0.15, 0.2) is 12.1 Å². The molecule has 1 aromatic rings. The zero-order valence-corrected chi connectivity index (χ0v) is 18.9. The summed E-state index contributed by atoms with van der Waals surface area (Å²) in [5.74, 6) is 7.17. The molecule has 0 heterocycles. The molecule has 132 valence electrons. The van der Waals surface area contributed by atoms with E-state index in [9.17, 15) is 0 Å². The Kier molecular flexibility index (Phi) is 4.82. The first-order valence-corrected chi connectivity index (χ1v) is 16.8. The van der Waals surface area contributed by atoms with E-state index in [1.165, 1.54) is 55.2 Å². The maximum atomic E-state index is 3.61. The summed E-state index contributed by atoms with van der Waals surface area (Å²) in [5, 5.41) is 0. The lowest BCUT2D eigenvalue weighted by molar-refractivity contribution is 0.438. The molecule has 0 nitrogen and oxygen atoms in total. The molecule has 0 aliphatic heterocycles. The Morgan fingerprint density at radius 1 is 0.760 bits per heavy atom. The second-order valence-electron chi connectivity index (χ2n) is 10.0. The normalized spacial score (nSPS) is 18.3. The summed E-state index contributed by atoms with van der Waals surface area (Å²) < 4.78 is 0. The zero-order valence-electron chi connectivity index (χ0n) is 16.9. The van der Waals surface area contributed by atoms with Crippen LogP contribution in [0, 0.1) is 22.9 Å². The third-order valence-electron chi connectivity index (χ3n) is 5.40. The van der Waals surface area contributed by atoms with Crippen molar-refractivity contribution in [2.24, 2.45) is 0 Å². The standard InChI is InChI=1S/C23H32Si2/c1-24(2,3)17-12-19-9-10-20(13-18-25(4,5)6)22-21(19)11-16-23(22)14-7-8-15-23/h9-10H,7-8,11,14-16H2,1-6H3. The first-order valence-electron chi connectivity index (χ1n) is 9.82. The largest absolute Gasteiger partial charge is 0.129 e. The lowest BCUT2D eigenvalue weighted by Crippen LogP contribution is -2.20. The smallest absolute Gasteiger partial charge is 0.127 e. The molecule has 2 aliphatic rings. The van der Waals surface area contributed by atoms with E-state index in [2.05, 4.69) is 74.3 Å². The Hall–Kier alpha value is -1.23. The highest BCUT2D eigenvalue weighted by atomic mass is 28.3. The molecule has 2 aliphatic carbocycles. The summed E-state index contributed by atoms with van der Waals surface area (Å²) in [6, 6.07) is 4.54. The van der Waals surface area contributed by atoms with E-state index in [1.54, 1.807) is 5.56 Å². The van der Waals surface area contributed by atoms with E-state index in [0.717, 1.165) is 0 Å². The Balaban J connectivity index is 2.14. The van der Waals surface area contributed by atoms with Crippen LogP contribution in [0.4, 0.5) is 0 Å². The van der Waals surface area contributed by atoms with Crippen LogP contribution in [-0.4, -0.2) is 16.1 Å². The molecule has 3 rings (SSSR count). The SMILES string of the molecule is C[Si](C)(C)C#Cc1ccc(C#C[Si](C)(C)C)c2c1CCC21CCCC1. The number of fused-ring (bicyclic) bond motifs is 2. The summed E-state index contributed by atoms with van der Waals surface area (Å²) in [6.07, 6.45) is 7.98. The maximum Gasteiger partial charge on any atom is 0.129 e. The van der Waals surface area contributed by atoms with Gasteiger partial charge in [-0.1, -0.05) is 64.0 Å². The van der Waals surface area contributed by atoms with E-state index in [0.29, 0.717) is 5.41 Å². The molecule has 1 saturated carbocycles. The van der Waals surface area contributed by atoms with Crippen molar-refractivity contribution in [1.29, 1.82) is 0 Å². The van der Waals surface area contributed by atoms with Crippen LogP contribution in [0.1, 0.15) is 54.4 Å². The third-order valence-corrected chi connectivity index (χ3v) is 7.15. The van der Waals surface area contributed by atoms with Crippen molar-refractivity contribution < 1.29 is 0 Å². The first kappa shape index (κ1) is 18.6. The van der Waals surface area contributed by atoms with Gasteiger partial charge in [-0.15, -0.1) is 11.1 Å². The molecule has 0 bridgehead atoms. The summed E-state index contributed by atoms with van der Waals surface area (Å²) in [4.78, 5) is 0. The van der Waals surface area contributed by atoms with Crippen molar-refractivity contribution in [3.8, 4) is 22.9 Å². The van der Waals surface area contributed by atoms with Crippen LogP contribution in [0.5, 0.6) is 0 Å². The highest BCUT2D eigenvalue weighted by Gasteiger charge is 2.43.